The van der Waals surface area contributed by atoms with Gasteiger partial charge >= 0.3 is 6.09 Å². The highest BCUT2D eigenvalue weighted by Gasteiger charge is 2.24. The van der Waals surface area contributed by atoms with Crippen LogP contribution < -0.4 is 20.7 Å². The summed E-state index contributed by atoms with van der Waals surface area (Å²) in [6.45, 7) is 6.57. The molecule has 0 aliphatic carbocycles. The van der Waals surface area contributed by atoms with Gasteiger partial charge < -0.3 is 30.3 Å². The fourth-order valence-electron chi connectivity index (χ4n) is 4.78. The largest absolute Gasteiger partial charge is 0.494 e. The van der Waals surface area contributed by atoms with Crippen molar-refractivity contribution < 1.29 is 23.5 Å². The van der Waals surface area contributed by atoms with Crippen molar-refractivity contribution in [3.05, 3.63) is 84.2 Å². The van der Waals surface area contributed by atoms with E-state index < -0.39 is 11.4 Å². The maximum absolute atomic E-state index is 13.4. The number of nitrogens with zero attached hydrogens (tertiary/aromatic N) is 5. The Morgan fingerprint density at radius 2 is 1.70 bits per heavy atom. The first-order valence-electron chi connectivity index (χ1n) is 14.6. The van der Waals surface area contributed by atoms with Gasteiger partial charge in [-0.25, -0.2) is 29.1 Å². The predicted octanol–water partition coefficient (Wildman–Crippen LogP) is 5.95. The first-order chi connectivity index (χ1) is 22.0. The van der Waals surface area contributed by atoms with Gasteiger partial charge in [0.1, 0.15) is 17.2 Å². The van der Waals surface area contributed by atoms with Gasteiger partial charge in [-0.05, 0) is 62.6 Å². The van der Waals surface area contributed by atoms with Crippen molar-refractivity contribution >= 4 is 40.6 Å². The van der Waals surface area contributed by atoms with Crippen LogP contribution in [0.4, 0.5) is 32.2 Å². The lowest BCUT2D eigenvalue weighted by atomic mass is 10.0. The van der Waals surface area contributed by atoms with Crippen LogP contribution >= 0.6 is 0 Å². The predicted molar refractivity (Wildman–Crippen MR) is 173 cm³/mol. The molecule has 5 rings (SSSR count). The fourth-order valence-corrected chi connectivity index (χ4v) is 4.78. The number of benzene rings is 1. The summed E-state index contributed by atoms with van der Waals surface area (Å²) in [5.74, 6) is 0.793. The molecule has 0 atom stereocenters. The molecule has 1 aliphatic rings. The molecule has 1 aromatic carbocycles. The van der Waals surface area contributed by atoms with E-state index >= 15 is 0 Å². The molecule has 0 radical (unpaired) electrons. The van der Waals surface area contributed by atoms with Crippen LogP contribution in [-0.2, 0) is 4.74 Å². The zero-order valence-corrected chi connectivity index (χ0v) is 26.2. The van der Waals surface area contributed by atoms with Crippen LogP contribution in [0.15, 0.2) is 67.3 Å². The number of methoxy groups -OCH3 is 1. The van der Waals surface area contributed by atoms with Crippen molar-refractivity contribution in [3.8, 4) is 17.1 Å². The molecule has 0 unspecified atom stereocenters. The number of anilines is 4. The van der Waals surface area contributed by atoms with Crippen LogP contribution in [0.25, 0.3) is 17.0 Å². The van der Waals surface area contributed by atoms with E-state index in [-0.39, 0.29) is 17.8 Å². The highest BCUT2D eigenvalue weighted by atomic mass is 19.1. The van der Waals surface area contributed by atoms with E-state index in [1.165, 1.54) is 20.4 Å². The third-order valence-corrected chi connectivity index (χ3v) is 6.98. The first-order valence-corrected chi connectivity index (χ1v) is 14.6. The smallest absolute Gasteiger partial charge is 0.410 e. The summed E-state index contributed by atoms with van der Waals surface area (Å²) in [6.07, 6.45) is 7.77. The van der Waals surface area contributed by atoms with Crippen molar-refractivity contribution in [1.29, 1.82) is 0 Å². The second kappa shape index (κ2) is 13.6. The Morgan fingerprint density at radius 3 is 2.33 bits per heavy atom. The number of para-hydroxylation sites is 1. The van der Waals surface area contributed by atoms with Gasteiger partial charge in [0.05, 0.1) is 42.0 Å². The number of rotatable bonds is 8. The topological polar surface area (TPSA) is 143 Å². The molecule has 46 heavy (non-hydrogen) atoms. The Bertz CT molecular complexity index is 1760. The minimum atomic E-state index is -0.550. The highest BCUT2D eigenvalue weighted by molar-refractivity contribution is 6.00. The van der Waals surface area contributed by atoms with Crippen LogP contribution in [0.2, 0.25) is 0 Å². The fraction of sp³-hybridized carbons (Fsp3) is 0.273. The number of ether oxygens (including phenoxy) is 2. The lowest BCUT2D eigenvalue weighted by Crippen LogP contribution is -2.39. The number of carbonyl (C=O) groups is 2. The Hall–Kier alpha value is -5.59. The van der Waals surface area contributed by atoms with Gasteiger partial charge in [0.15, 0.2) is 17.4 Å². The normalized spacial score (nSPS) is 13.0. The molecule has 1 aliphatic heterocycles. The minimum absolute atomic E-state index is 0.282. The highest BCUT2D eigenvalue weighted by Crippen LogP contribution is 2.37. The van der Waals surface area contributed by atoms with Gasteiger partial charge in [-0.1, -0.05) is 12.1 Å². The summed E-state index contributed by atoms with van der Waals surface area (Å²) in [6, 6.07) is 10.8. The molecule has 0 fully saturated rings. The summed E-state index contributed by atoms with van der Waals surface area (Å²) < 4.78 is 24.6. The first kappa shape index (κ1) is 31.8. The van der Waals surface area contributed by atoms with Crippen LogP contribution in [0.1, 0.15) is 43.1 Å². The molecule has 3 N–H and O–H groups in total. The Balaban J connectivity index is 1.34. The zero-order chi connectivity index (χ0) is 32.8. The lowest BCUT2D eigenvalue weighted by Gasteiger charge is -2.29. The van der Waals surface area contributed by atoms with Crippen LogP contribution in [0.3, 0.4) is 0 Å². The van der Waals surface area contributed by atoms with E-state index in [1.54, 1.807) is 35.4 Å². The molecule has 0 saturated carbocycles. The van der Waals surface area contributed by atoms with Crippen molar-refractivity contribution in [1.82, 2.24) is 30.2 Å². The summed E-state index contributed by atoms with van der Waals surface area (Å²) in [4.78, 5) is 43.9. The monoisotopic (exact) mass is 626 g/mol. The molecule has 12 nitrogen and oxygen atoms in total. The summed E-state index contributed by atoms with van der Waals surface area (Å²) in [5.41, 5.74) is 3.33. The van der Waals surface area contributed by atoms with Gasteiger partial charge in [0, 0.05) is 38.6 Å². The third kappa shape index (κ3) is 7.54. The molecule has 3 aromatic heterocycles. The van der Waals surface area contributed by atoms with E-state index in [0.717, 1.165) is 23.5 Å². The van der Waals surface area contributed by atoms with Gasteiger partial charge in [-0.3, -0.25) is 4.79 Å². The van der Waals surface area contributed by atoms with Crippen molar-refractivity contribution in [2.45, 2.75) is 32.8 Å². The number of amides is 2. The maximum Gasteiger partial charge on any atom is 0.410 e. The second-order valence-corrected chi connectivity index (χ2v) is 11.4. The van der Waals surface area contributed by atoms with E-state index in [4.69, 9.17) is 9.47 Å². The van der Waals surface area contributed by atoms with Crippen molar-refractivity contribution in [2.24, 2.45) is 0 Å². The minimum Gasteiger partial charge on any atom is -0.494 e. The molecule has 0 spiro atoms. The van der Waals surface area contributed by atoms with Crippen LogP contribution in [-0.4, -0.2) is 69.7 Å². The van der Waals surface area contributed by atoms with Gasteiger partial charge in [0.2, 0.25) is 0 Å². The number of hydrogen-bond acceptors (Lipinski definition) is 10. The third-order valence-electron chi connectivity index (χ3n) is 6.98. The number of aromatic nitrogens is 4. The summed E-state index contributed by atoms with van der Waals surface area (Å²) in [7, 11) is 3.04. The quantitative estimate of drug-likeness (QED) is 0.215. The number of halogens is 1. The summed E-state index contributed by atoms with van der Waals surface area (Å²) >= 11 is 0. The number of pyridine rings is 2. The van der Waals surface area contributed by atoms with Gasteiger partial charge in [-0.15, -0.1) is 0 Å². The van der Waals surface area contributed by atoms with E-state index in [0.29, 0.717) is 59.4 Å². The summed E-state index contributed by atoms with van der Waals surface area (Å²) in [5, 5.41) is 9.09. The van der Waals surface area contributed by atoms with E-state index in [9.17, 15) is 14.0 Å². The van der Waals surface area contributed by atoms with E-state index in [2.05, 4.69) is 35.9 Å². The zero-order valence-electron chi connectivity index (χ0n) is 26.2. The van der Waals surface area contributed by atoms with Crippen molar-refractivity contribution in [3.63, 3.8) is 0 Å². The average Bonchev–Trinajstić information content (AvgIpc) is 3.04. The number of nitrogens with one attached hydrogen (secondary N) is 3. The molecular weight excluding hydrogens is 591 g/mol. The molecule has 4 aromatic rings. The average molecular weight is 627 g/mol. The second-order valence-electron chi connectivity index (χ2n) is 11.4. The Morgan fingerprint density at radius 1 is 0.935 bits per heavy atom. The Kier molecular flexibility index (Phi) is 9.40. The number of hydrogen-bond donors (Lipinski definition) is 3. The molecule has 13 heteroatoms. The van der Waals surface area contributed by atoms with Gasteiger partial charge in [-0.2, -0.15) is 0 Å². The lowest BCUT2D eigenvalue weighted by molar-refractivity contribution is 0.0270. The van der Waals surface area contributed by atoms with Gasteiger partial charge in [0.25, 0.3) is 5.91 Å². The molecule has 0 bridgehead atoms. The van der Waals surface area contributed by atoms with Crippen LogP contribution in [0, 0.1) is 5.82 Å². The molecule has 238 valence electrons. The van der Waals surface area contributed by atoms with Crippen LogP contribution in [0.5, 0.6) is 5.75 Å². The molecule has 2 amide bonds. The molecule has 0 saturated heterocycles. The standard InChI is InChI=1S/C33H35FN8O4/c1-33(2,3)46-32(44)42-13-11-20(12-14-42)21-9-10-27(36-16-21)41-28-15-26(24(19-37-28)31(43)35-4)40-25-8-6-7-23(29(25)45-5)30-38-17-22(34)18-39-30/h6-11,15-19H,12-14H2,1-5H3,(H,35,43)(H2,36,37,40,41). The van der Waals surface area contributed by atoms with E-state index in [1.807, 2.05) is 39.0 Å². The number of carbonyl (C=O) groups excluding carboxylic acids is 2. The Labute approximate surface area is 266 Å². The molecule has 4 heterocycles. The SMILES string of the molecule is CNC(=O)c1cnc(Nc2ccc(C3=CCN(C(=O)OC(C)(C)C)CC3)cn2)cc1Nc1cccc(-c2ncc(F)cn2)c1OC. The maximum atomic E-state index is 13.4. The van der Waals surface area contributed by atoms with Crippen molar-refractivity contribution in [2.75, 3.05) is 37.9 Å². The molecular formula is C33H35FN8O4.